The lowest BCUT2D eigenvalue weighted by Crippen LogP contribution is -2.31. The molecule has 9 aromatic rings. The zero-order valence-electron chi connectivity index (χ0n) is 34.5. The number of hydrogen-bond acceptors (Lipinski definition) is 2. The van der Waals surface area contributed by atoms with Gasteiger partial charge in [-0.15, -0.1) is 0 Å². The van der Waals surface area contributed by atoms with Crippen LogP contribution in [0.5, 0.6) is 0 Å². The molecule has 0 spiro atoms. The van der Waals surface area contributed by atoms with Crippen LogP contribution in [-0.2, 0) is 5.41 Å². The van der Waals surface area contributed by atoms with Crippen LogP contribution in [-0.4, -0.2) is 6.04 Å². The lowest BCUT2D eigenvalue weighted by molar-refractivity contribution is 0.659. The molecule has 0 amide bonds. The number of anilines is 2. The molecule has 2 nitrogen and oxygen atoms in total. The summed E-state index contributed by atoms with van der Waals surface area (Å²) in [5.41, 5.74) is 15.7. The zero-order valence-corrected chi connectivity index (χ0v) is 34.5. The number of fused-ring (bicyclic) bond motifs is 9. The standard InChI is InChI=1S/C59H45NO/c1-59(2)54-23-9-7-19-48(54)49-34-32-46(37-55(49)59)60(45-30-27-39(28-31-45)42-16-11-17-43(35-42)44-26-25-38-13-3-4-15-41(38)36-44)56-24-10-8-20-50(56)51-21-12-22-52-53-33-29-40-14-5-6-18-47(40)57(53)61-58(51)52/h3-25,27-30,32-37,44-45H,26,31H2,1-2H3. The summed E-state index contributed by atoms with van der Waals surface area (Å²) in [4.78, 5) is 2.58. The van der Waals surface area contributed by atoms with E-state index < -0.39 is 0 Å². The SMILES string of the molecule is CC1(C)c2ccccc2-c2ccc(N(c3ccccc3-c3cccc4c3oc3c5ccccc5ccc43)C3C=CC(c4cccc(C5C=c6ccccc6=CC5)c4)=CC3)cc21. The number of hydrogen-bond donors (Lipinski definition) is 0. The first-order valence-corrected chi connectivity index (χ1v) is 21.7. The molecule has 12 rings (SSSR count). The molecule has 8 aromatic carbocycles. The average molecular weight is 784 g/mol. The number of nitrogens with zero attached hydrogens (tertiary/aromatic N) is 1. The second-order valence-electron chi connectivity index (χ2n) is 17.5. The van der Waals surface area contributed by atoms with E-state index >= 15 is 0 Å². The molecule has 2 unspecified atom stereocenters. The van der Waals surface area contributed by atoms with Gasteiger partial charge in [-0.25, -0.2) is 0 Å². The van der Waals surface area contributed by atoms with Crippen LogP contribution in [0.3, 0.4) is 0 Å². The van der Waals surface area contributed by atoms with Gasteiger partial charge in [0.15, 0.2) is 0 Å². The van der Waals surface area contributed by atoms with Crippen LogP contribution in [0.1, 0.15) is 54.9 Å². The lowest BCUT2D eigenvalue weighted by Gasteiger charge is -2.35. The minimum atomic E-state index is -0.119. The van der Waals surface area contributed by atoms with Gasteiger partial charge in [0.25, 0.3) is 0 Å². The molecule has 0 radical (unpaired) electrons. The van der Waals surface area contributed by atoms with Crippen molar-refractivity contribution in [3.8, 4) is 22.3 Å². The molecule has 0 fully saturated rings. The second-order valence-corrected chi connectivity index (χ2v) is 17.5. The smallest absolute Gasteiger partial charge is 0.143 e. The van der Waals surface area contributed by atoms with Crippen molar-refractivity contribution in [2.45, 2.75) is 44.1 Å². The third-order valence-corrected chi connectivity index (χ3v) is 13.7. The molecule has 0 saturated carbocycles. The molecule has 2 heteroatoms. The number of allylic oxidation sites excluding steroid dienone is 2. The zero-order chi connectivity index (χ0) is 40.7. The molecule has 2 atom stereocenters. The molecule has 1 aromatic heterocycles. The van der Waals surface area contributed by atoms with E-state index in [1.165, 1.54) is 60.5 Å². The van der Waals surface area contributed by atoms with E-state index in [9.17, 15) is 0 Å². The Hall–Kier alpha value is -7.16. The first-order valence-electron chi connectivity index (χ1n) is 21.7. The molecule has 0 saturated heterocycles. The van der Waals surface area contributed by atoms with E-state index in [0.29, 0.717) is 5.92 Å². The van der Waals surface area contributed by atoms with Crippen molar-refractivity contribution in [3.05, 3.63) is 221 Å². The highest BCUT2D eigenvalue weighted by Crippen LogP contribution is 2.51. The summed E-state index contributed by atoms with van der Waals surface area (Å²) < 4.78 is 6.95. The normalized spacial score (nSPS) is 17.3. The van der Waals surface area contributed by atoms with Crippen LogP contribution in [0.15, 0.2) is 193 Å². The van der Waals surface area contributed by atoms with E-state index in [4.69, 9.17) is 4.42 Å². The van der Waals surface area contributed by atoms with Gasteiger partial charge in [0.2, 0.25) is 0 Å². The summed E-state index contributed by atoms with van der Waals surface area (Å²) >= 11 is 0. The fourth-order valence-corrected chi connectivity index (χ4v) is 10.6. The Labute approximate surface area is 356 Å². The summed E-state index contributed by atoms with van der Waals surface area (Å²) in [7, 11) is 0. The van der Waals surface area contributed by atoms with Crippen molar-refractivity contribution in [2.24, 2.45) is 0 Å². The Morgan fingerprint density at radius 3 is 2.18 bits per heavy atom. The Kier molecular flexibility index (Phi) is 8.19. The largest absolute Gasteiger partial charge is 0.455 e. The Morgan fingerprint density at radius 2 is 1.28 bits per heavy atom. The minimum absolute atomic E-state index is 0.0784. The van der Waals surface area contributed by atoms with Gasteiger partial charge in [-0.05, 0) is 91.9 Å². The van der Waals surface area contributed by atoms with Gasteiger partial charge < -0.3 is 9.32 Å². The van der Waals surface area contributed by atoms with Gasteiger partial charge in [-0.2, -0.15) is 0 Å². The summed E-state index contributed by atoms with van der Waals surface area (Å²) in [5, 5.41) is 7.27. The van der Waals surface area contributed by atoms with Gasteiger partial charge in [0.05, 0.1) is 6.04 Å². The highest BCUT2D eigenvalue weighted by Gasteiger charge is 2.36. The third-order valence-electron chi connectivity index (χ3n) is 13.7. The predicted octanol–water partition coefficient (Wildman–Crippen LogP) is 14.0. The molecule has 3 aliphatic carbocycles. The quantitative estimate of drug-likeness (QED) is 0.167. The van der Waals surface area contributed by atoms with Gasteiger partial charge in [-0.1, -0.05) is 190 Å². The van der Waals surface area contributed by atoms with E-state index in [1.54, 1.807) is 0 Å². The maximum atomic E-state index is 6.95. The molecule has 292 valence electrons. The van der Waals surface area contributed by atoms with Crippen LogP contribution in [0.2, 0.25) is 0 Å². The molecule has 0 aliphatic heterocycles. The van der Waals surface area contributed by atoms with Gasteiger partial charge in [0.1, 0.15) is 11.2 Å². The predicted molar refractivity (Wildman–Crippen MR) is 257 cm³/mol. The first kappa shape index (κ1) is 35.8. The van der Waals surface area contributed by atoms with Crippen LogP contribution in [0.4, 0.5) is 11.4 Å². The average Bonchev–Trinajstić information content (AvgIpc) is 3.82. The summed E-state index contributed by atoms with van der Waals surface area (Å²) in [6.07, 6.45) is 13.9. The first-order chi connectivity index (χ1) is 30.0. The minimum Gasteiger partial charge on any atom is -0.455 e. The van der Waals surface area contributed by atoms with E-state index in [-0.39, 0.29) is 11.5 Å². The molecule has 3 aliphatic rings. The topological polar surface area (TPSA) is 16.4 Å². The maximum Gasteiger partial charge on any atom is 0.143 e. The van der Waals surface area contributed by atoms with E-state index in [0.717, 1.165) is 57.0 Å². The molecular formula is C59H45NO. The number of furan rings is 1. The fourth-order valence-electron chi connectivity index (χ4n) is 10.6. The summed E-state index contributed by atoms with van der Waals surface area (Å²) in [6.45, 7) is 4.74. The van der Waals surface area contributed by atoms with Crippen LogP contribution < -0.4 is 15.3 Å². The van der Waals surface area contributed by atoms with Gasteiger partial charge >= 0.3 is 0 Å². The van der Waals surface area contributed by atoms with E-state index in [2.05, 4.69) is 219 Å². The molecule has 0 bridgehead atoms. The Morgan fingerprint density at radius 1 is 0.541 bits per heavy atom. The fraction of sp³-hybridized carbons (Fsp3) is 0.119. The van der Waals surface area contributed by atoms with Crippen molar-refractivity contribution < 1.29 is 4.42 Å². The second kappa shape index (κ2) is 14.0. The summed E-state index contributed by atoms with van der Waals surface area (Å²) in [6, 6.07) is 62.6. The van der Waals surface area contributed by atoms with Gasteiger partial charge in [-0.3, -0.25) is 0 Å². The number of benzene rings is 8. The molecular weight excluding hydrogens is 739 g/mol. The van der Waals surface area contributed by atoms with Crippen molar-refractivity contribution in [3.63, 3.8) is 0 Å². The number of rotatable bonds is 6. The maximum absolute atomic E-state index is 6.95. The van der Waals surface area contributed by atoms with Crippen molar-refractivity contribution in [2.75, 3.05) is 4.90 Å². The molecule has 61 heavy (non-hydrogen) atoms. The van der Waals surface area contributed by atoms with Crippen molar-refractivity contribution in [1.82, 2.24) is 0 Å². The molecule has 0 N–H and O–H groups in total. The van der Waals surface area contributed by atoms with Crippen LogP contribution >= 0.6 is 0 Å². The summed E-state index contributed by atoms with van der Waals surface area (Å²) in [5.74, 6) is 0.368. The Balaban J connectivity index is 0.972. The third kappa shape index (κ3) is 5.77. The highest BCUT2D eigenvalue weighted by molar-refractivity contribution is 6.17. The van der Waals surface area contributed by atoms with E-state index in [1.807, 2.05) is 0 Å². The lowest BCUT2D eigenvalue weighted by atomic mass is 9.82. The Bertz CT molecular complexity index is 3430. The highest BCUT2D eigenvalue weighted by atomic mass is 16.3. The monoisotopic (exact) mass is 783 g/mol. The van der Waals surface area contributed by atoms with Crippen LogP contribution in [0, 0.1) is 0 Å². The van der Waals surface area contributed by atoms with Crippen molar-refractivity contribution >= 4 is 61.8 Å². The van der Waals surface area contributed by atoms with Gasteiger partial charge in [0, 0.05) is 50.0 Å². The number of para-hydroxylation sites is 2. The van der Waals surface area contributed by atoms with Crippen LogP contribution in [0.25, 0.3) is 72.7 Å². The molecule has 1 heterocycles. The van der Waals surface area contributed by atoms with Crippen molar-refractivity contribution in [1.29, 1.82) is 0 Å².